The molecule has 2 aromatic rings. The van der Waals surface area contributed by atoms with Gasteiger partial charge in [-0.1, -0.05) is 24.3 Å². The molecule has 1 N–H and O–H groups in total. The topological polar surface area (TPSA) is 65.0 Å². The number of carboxylic acid groups (broad SMARTS) is 1. The lowest BCUT2D eigenvalue weighted by molar-refractivity contribution is -0.140. The number of rotatable bonds is 10. The van der Waals surface area contributed by atoms with Crippen LogP contribution in [0.1, 0.15) is 44.4 Å². The highest BCUT2D eigenvalue weighted by Gasteiger charge is 2.15. The predicted molar refractivity (Wildman–Crippen MR) is 99.6 cm³/mol. The monoisotopic (exact) mass is 358 g/mol. The Morgan fingerprint density at radius 1 is 1.08 bits per heavy atom. The molecule has 2 aromatic carbocycles. The standard InChI is InChI=1S/C21H26O5/c1-4-24-20(13-21(22)23)17-8-10-18(11-9-17)25-14-16-6-5-7-19(12-16)26-15(2)3/h5-12,15,20H,4,13-14H2,1-3H3,(H,22,23). The molecule has 0 spiro atoms. The Bertz CT molecular complexity index is 694. The van der Waals surface area contributed by atoms with E-state index in [0.29, 0.717) is 13.2 Å². The maximum atomic E-state index is 11.0. The third-order valence-corrected chi connectivity index (χ3v) is 3.66. The molecule has 0 aliphatic carbocycles. The minimum Gasteiger partial charge on any atom is -0.491 e. The van der Waals surface area contributed by atoms with Crippen LogP contribution >= 0.6 is 0 Å². The Morgan fingerprint density at radius 3 is 2.42 bits per heavy atom. The molecule has 5 heteroatoms. The van der Waals surface area contributed by atoms with Crippen LogP contribution in [0.2, 0.25) is 0 Å². The average molecular weight is 358 g/mol. The molecule has 0 amide bonds. The van der Waals surface area contributed by atoms with E-state index in [9.17, 15) is 4.79 Å². The van der Waals surface area contributed by atoms with Crippen LogP contribution in [0.3, 0.4) is 0 Å². The lowest BCUT2D eigenvalue weighted by Gasteiger charge is -2.16. The molecule has 0 saturated carbocycles. The minimum absolute atomic E-state index is 0.0588. The van der Waals surface area contributed by atoms with E-state index >= 15 is 0 Å². The van der Waals surface area contributed by atoms with Gasteiger partial charge in [-0.2, -0.15) is 0 Å². The van der Waals surface area contributed by atoms with E-state index in [1.807, 2.05) is 69.3 Å². The SMILES string of the molecule is CCOC(CC(=O)O)c1ccc(OCc2cccc(OC(C)C)c2)cc1. The Balaban J connectivity index is 1.97. The zero-order chi connectivity index (χ0) is 18.9. The van der Waals surface area contributed by atoms with Crippen molar-refractivity contribution >= 4 is 5.97 Å². The quantitative estimate of drug-likeness (QED) is 0.672. The van der Waals surface area contributed by atoms with Gasteiger partial charge in [0, 0.05) is 6.61 Å². The van der Waals surface area contributed by atoms with E-state index in [2.05, 4.69) is 0 Å². The maximum absolute atomic E-state index is 11.0. The van der Waals surface area contributed by atoms with Crippen LogP contribution in [0, 0.1) is 0 Å². The highest BCUT2D eigenvalue weighted by molar-refractivity contribution is 5.67. The molecule has 0 aliphatic heterocycles. The van der Waals surface area contributed by atoms with Crippen LogP contribution in [0.5, 0.6) is 11.5 Å². The number of hydrogen-bond acceptors (Lipinski definition) is 4. The molecule has 1 unspecified atom stereocenters. The molecule has 0 aliphatic rings. The molecule has 26 heavy (non-hydrogen) atoms. The molecular formula is C21H26O5. The number of hydrogen-bond donors (Lipinski definition) is 1. The summed E-state index contributed by atoms with van der Waals surface area (Å²) in [4.78, 5) is 11.0. The van der Waals surface area contributed by atoms with Crippen LogP contribution in [-0.2, 0) is 16.1 Å². The van der Waals surface area contributed by atoms with Crippen molar-refractivity contribution < 1.29 is 24.1 Å². The van der Waals surface area contributed by atoms with Crippen molar-refractivity contribution in [2.24, 2.45) is 0 Å². The molecular weight excluding hydrogens is 332 g/mol. The van der Waals surface area contributed by atoms with Gasteiger partial charge in [0.1, 0.15) is 18.1 Å². The summed E-state index contributed by atoms with van der Waals surface area (Å²) in [5.41, 5.74) is 1.85. The van der Waals surface area contributed by atoms with Crippen molar-refractivity contribution in [3.63, 3.8) is 0 Å². The Morgan fingerprint density at radius 2 is 1.81 bits per heavy atom. The van der Waals surface area contributed by atoms with E-state index in [1.165, 1.54) is 0 Å². The first-order valence-corrected chi connectivity index (χ1v) is 8.79. The molecule has 5 nitrogen and oxygen atoms in total. The molecule has 0 saturated heterocycles. The van der Waals surface area contributed by atoms with Crippen LogP contribution in [0.4, 0.5) is 0 Å². The van der Waals surface area contributed by atoms with E-state index in [1.54, 1.807) is 0 Å². The third kappa shape index (κ3) is 6.41. The summed E-state index contributed by atoms with van der Waals surface area (Å²) in [6.07, 6.45) is -0.379. The van der Waals surface area contributed by atoms with Crippen molar-refractivity contribution in [1.29, 1.82) is 0 Å². The summed E-state index contributed by atoms with van der Waals surface area (Å²) in [6, 6.07) is 15.2. The van der Waals surface area contributed by atoms with E-state index in [0.717, 1.165) is 22.6 Å². The lowest BCUT2D eigenvalue weighted by atomic mass is 10.1. The molecule has 0 radical (unpaired) electrons. The fourth-order valence-corrected chi connectivity index (χ4v) is 2.56. The van der Waals surface area contributed by atoms with E-state index < -0.39 is 12.1 Å². The van der Waals surface area contributed by atoms with Crippen LogP contribution in [0.15, 0.2) is 48.5 Å². The van der Waals surface area contributed by atoms with Crippen molar-refractivity contribution in [2.75, 3.05) is 6.61 Å². The smallest absolute Gasteiger partial charge is 0.306 e. The number of carboxylic acids is 1. The Kier molecular flexibility index (Phi) is 7.48. The van der Waals surface area contributed by atoms with Gasteiger partial charge in [0.25, 0.3) is 0 Å². The van der Waals surface area contributed by atoms with Gasteiger partial charge in [-0.15, -0.1) is 0 Å². The number of ether oxygens (including phenoxy) is 3. The second-order valence-electron chi connectivity index (χ2n) is 6.21. The number of carbonyl (C=O) groups is 1. The maximum Gasteiger partial charge on any atom is 0.306 e. The summed E-state index contributed by atoms with van der Waals surface area (Å²) in [5.74, 6) is 0.659. The summed E-state index contributed by atoms with van der Waals surface area (Å²) >= 11 is 0. The van der Waals surface area contributed by atoms with Crippen LogP contribution < -0.4 is 9.47 Å². The summed E-state index contributed by atoms with van der Waals surface area (Å²) in [7, 11) is 0. The van der Waals surface area contributed by atoms with Gasteiger partial charge in [0.05, 0.1) is 18.6 Å². The molecule has 1 atom stereocenters. The molecule has 0 aromatic heterocycles. The predicted octanol–water partition coefficient (Wildman–Crippen LogP) is 4.61. The fourth-order valence-electron chi connectivity index (χ4n) is 2.56. The first-order chi connectivity index (χ1) is 12.5. The average Bonchev–Trinajstić information content (AvgIpc) is 2.59. The van der Waals surface area contributed by atoms with Crippen LogP contribution in [-0.4, -0.2) is 23.8 Å². The second-order valence-corrected chi connectivity index (χ2v) is 6.21. The molecule has 0 bridgehead atoms. The first-order valence-electron chi connectivity index (χ1n) is 8.79. The van der Waals surface area contributed by atoms with Gasteiger partial charge >= 0.3 is 5.97 Å². The molecule has 0 fully saturated rings. The summed E-state index contributed by atoms with van der Waals surface area (Å²) < 4.78 is 17.0. The van der Waals surface area contributed by atoms with E-state index in [4.69, 9.17) is 19.3 Å². The van der Waals surface area contributed by atoms with E-state index in [-0.39, 0.29) is 12.5 Å². The number of aliphatic carboxylic acids is 1. The van der Waals surface area contributed by atoms with Gasteiger partial charge in [-0.25, -0.2) is 0 Å². The molecule has 140 valence electrons. The van der Waals surface area contributed by atoms with Crippen molar-refractivity contribution in [3.05, 3.63) is 59.7 Å². The largest absolute Gasteiger partial charge is 0.491 e. The molecule has 2 rings (SSSR count). The highest BCUT2D eigenvalue weighted by Crippen LogP contribution is 2.24. The first kappa shape index (κ1) is 19.8. The Hall–Kier alpha value is -2.53. The Labute approximate surface area is 154 Å². The normalized spacial score (nSPS) is 12.0. The van der Waals surface area contributed by atoms with Gasteiger partial charge in [0.15, 0.2) is 0 Å². The minimum atomic E-state index is -0.882. The zero-order valence-corrected chi connectivity index (χ0v) is 15.5. The summed E-state index contributed by atoms with van der Waals surface area (Å²) in [5, 5.41) is 9.00. The molecule has 0 heterocycles. The van der Waals surface area contributed by atoms with Gasteiger partial charge in [-0.05, 0) is 56.2 Å². The van der Waals surface area contributed by atoms with Crippen molar-refractivity contribution in [3.8, 4) is 11.5 Å². The van der Waals surface area contributed by atoms with Crippen molar-refractivity contribution in [1.82, 2.24) is 0 Å². The van der Waals surface area contributed by atoms with Crippen molar-refractivity contribution in [2.45, 2.75) is 46.0 Å². The third-order valence-electron chi connectivity index (χ3n) is 3.66. The number of benzene rings is 2. The highest BCUT2D eigenvalue weighted by atomic mass is 16.5. The fraction of sp³-hybridized carbons (Fsp3) is 0.381. The van der Waals surface area contributed by atoms with Crippen LogP contribution in [0.25, 0.3) is 0 Å². The van der Waals surface area contributed by atoms with Gasteiger partial charge < -0.3 is 19.3 Å². The van der Waals surface area contributed by atoms with Gasteiger partial charge in [-0.3, -0.25) is 4.79 Å². The second kappa shape index (κ2) is 9.82. The lowest BCUT2D eigenvalue weighted by Crippen LogP contribution is -2.10. The summed E-state index contributed by atoms with van der Waals surface area (Å²) in [6.45, 7) is 6.72. The zero-order valence-electron chi connectivity index (χ0n) is 15.5. The van der Waals surface area contributed by atoms with Gasteiger partial charge in [0.2, 0.25) is 0 Å².